The molecule has 2 aromatic carbocycles. The van der Waals surface area contributed by atoms with Crippen LogP contribution in [-0.2, 0) is 6.54 Å². The second-order valence-electron chi connectivity index (χ2n) is 6.14. The smallest absolute Gasteiger partial charge is 0.265 e. The molecule has 0 fully saturated rings. The first-order chi connectivity index (χ1) is 13.6. The number of nitrogens with one attached hydrogen (secondary N) is 1. The van der Waals surface area contributed by atoms with E-state index in [0.29, 0.717) is 23.0 Å². The molecule has 7 heteroatoms. The van der Waals surface area contributed by atoms with Crippen molar-refractivity contribution in [1.29, 1.82) is 0 Å². The van der Waals surface area contributed by atoms with Gasteiger partial charge in [-0.25, -0.2) is 9.37 Å². The molecule has 4 aromatic rings. The Bertz CT molecular complexity index is 1220. The number of hydrogen-bond acceptors (Lipinski definition) is 4. The van der Waals surface area contributed by atoms with Crippen molar-refractivity contribution in [1.82, 2.24) is 19.9 Å². The van der Waals surface area contributed by atoms with Crippen LogP contribution in [0.1, 0.15) is 15.9 Å². The van der Waals surface area contributed by atoms with Crippen molar-refractivity contribution in [3.63, 3.8) is 0 Å². The maximum atomic E-state index is 14.0. The van der Waals surface area contributed by atoms with Crippen LogP contribution < -0.4 is 10.9 Å². The van der Waals surface area contributed by atoms with Gasteiger partial charge in [0.1, 0.15) is 12.1 Å². The minimum atomic E-state index is -0.516. The highest BCUT2D eigenvalue weighted by atomic mass is 19.1. The minimum absolute atomic E-state index is 0.126. The first-order valence-electron chi connectivity index (χ1n) is 8.57. The lowest BCUT2D eigenvalue weighted by Gasteiger charge is -2.09. The third-order valence-electron chi connectivity index (χ3n) is 4.34. The molecule has 0 saturated heterocycles. The molecular formula is C21H15FN4O2. The van der Waals surface area contributed by atoms with Crippen LogP contribution in [-0.4, -0.2) is 20.4 Å². The van der Waals surface area contributed by atoms with Crippen LogP contribution in [0.2, 0.25) is 0 Å². The van der Waals surface area contributed by atoms with Crippen LogP contribution in [0, 0.1) is 5.82 Å². The van der Waals surface area contributed by atoms with Crippen molar-refractivity contribution >= 4 is 16.8 Å². The quantitative estimate of drug-likeness (QED) is 0.596. The number of para-hydroxylation sites is 1. The Morgan fingerprint density at radius 2 is 1.86 bits per heavy atom. The molecule has 4 rings (SSSR count). The van der Waals surface area contributed by atoms with Crippen molar-refractivity contribution in [2.24, 2.45) is 0 Å². The number of aromatic nitrogens is 3. The molecule has 1 N–H and O–H groups in total. The van der Waals surface area contributed by atoms with Crippen LogP contribution in [0.15, 0.2) is 78.1 Å². The van der Waals surface area contributed by atoms with Crippen molar-refractivity contribution in [3.8, 4) is 5.69 Å². The van der Waals surface area contributed by atoms with Gasteiger partial charge in [-0.15, -0.1) is 0 Å². The average Bonchev–Trinajstić information content (AvgIpc) is 2.73. The van der Waals surface area contributed by atoms with Crippen LogP contribution >= 0.6 is 0 Å². The van der Waals surface area contributed by atoms with Gasteiger partial charge in [0.15, 0.2) is 0 Å². The monoisotopic (exact) mass is 374 g/mol. The summed E-state index contributed by atoms with van der Waals surface area (Å²) in [6.45, 7) is 0.363. The molecule has 2 aromatic heterocycles. The molecule has 0 bridgehead atoms. The van der Waals surface area contributed by atoms with Crippen LogP contribution in [0.3, 0.4) is 0 Å². The van der Waals surface area contributed by atoms with Crippen molar-refractivity contribution in [2.45, 2.75) is 6.54 Å². The van der Waals surface area contributed by atoms with E-state index in [1.165, 1.54) is 24.5 Å². The van der Waals surface area contributed by atoms with Crippen LogP contribution in [0.5, 0.6) is 0 Å². The number of halogens is 1. The largest absolute Gasteiger partial charge is 0.348 e. The Kier molecular flexibility index (Phi) is 4.63. The number of benzene rings is 2. The summed E-state index contributed by atoms with van der Waals surface area (Å²) in [5, 5.41) is 3.11. The number of fused-ring (bicyclic) bond motifs is 1. The molecule has 0 aliphatic heterocycles. The van der Waals surface area contributed by atoms with Gasteiger partial charge in [0.05, 0.1) is 16.6 Å². The zero-order valence-electron chi connectivity index (χ0n) is 14.7. The molecule has 1 amide bonds. The number of carbonyl (C=O) groups is 1. The molecule has 0 unspecified atom stereocenters. The summed E-state index contributed by atoms with van der Waals surface area (Å²) in [7, 11) is 0. The Balaban J connectivity index is 1.63. The zero-order valence-corrected chi connectivity index (χ0v) is 14.7. The van der Waals surface area contributed by atoms with Gasteiger partial charge in [-0.1, -0.05) is 12.1 Å². The maximum absolute atomic E-state index is 14.0. The second-order valence-corrected chi connectivity index (χ2v) is 6.14. The van der Waals surface area contributed by atoms with E-state index in [2.05, 4.69) is 15.3 Å². The summed E-state index contributed by atoms with van der Waals surface area (Å²) in [6.07, 6.45) is 4.58. The molecule has 2 heterocycles. The van der Waals surface area contributed by atoms with Crippen molar-refractivity contribution < 1.29 is 9.18 Å². The first-order valence-corrected chi connectivity index (χ1v) is 8.57. The molecule has 0 aliphatic carbocycles. The summed E-state index contributed by atoms with van der Waals surface area (Å²) < 4.78 is 15.2. The summed E-state index contributed by atoms with van der Waals surface area (Å²) in [5.74, 6) is -0.795. The second kappa shape index (κ2) is 7.40. The van der Waals surface area contributed by atoms with Crippen molar-refractivity contribution in [3.05, 3.63) is 101 Å². The van der Waals surface area contributed by atoms with E-state index < -0.39 is 11.4 Å². The fraction of sp³-hybridized carbons (Fsp3) is 0.0476. The molecule has 0 aliphatic rings. The minimum Gasteiger partial charge on any atom is -0.348 e. The SMILES string of the molecule is O=C(NCc1ccncc1)c1ccc2c(=O)n(-c3ccccc3F)cnc2c1. The normalized spacial score (nSPS) is 10.8. The first kappa shape index (κ1) is 17.5. The van der Waals surface area contributed by atoms with Gasteiger partial charge in [0, 0.05) is 24.5 Å². The molecule has 0 radical (unpaired) electrons. The van der Waals surface area contributed by atoms with E-state index in [9.17, 15) is 14.0 Å². The predicted molar refractivity (Wildman–Crippen MR) is 103 cm³/mol. The van der Waals surface area contributed by atoms with E-state index in [4.69, 9.17) is 0 Å². The summed E-state index contributed by atoms with van der Waals surface area (Å²) >= 11 is 0. The molecule has 0 spiro atoms. The highest BCUT2D eigenvalue weighted by Crippen LogP contribution is 2.14. The molecule has 0 atom stereocenters. The Hall–Kier alpha value is -3.87. The molecule has 138 valence electrons. The number of carbonyl (C=O) groups excluding carboxylic acids is 1. The summed E-state index contributed by atoms with van der Waals surface area (Å²) in [6, 6.07) is 14.2. The topological polar surface area (TPSA) is 76.9 Å². The highest BCUT2D eigenvalue weighted by Gasteiger charge is 2.12. The molecular weight excluding hydrogens is 359 g/mol. The van der Waals surface area contributed by atoms with Crippen molar-refractivity contribution in [2.75, 3.05) is 0 Å². The third kappa shape index (κ3) is 3.37. The molecule has 0 saturated carbocycles. The molecule has 28 heavy (non-hydrogen) atoms. The van der Waals surface area contributed by atoms with E-state index in [1.807, 2.05) is 12.1 Å². The Morgan fingerprint density at radius 1 is 1.07 bits per heavy atom. The van der Waals surface area contributed by atoms with Gasteiger partial charge in [0.25, 0.3) is 11.5 Å². The van der Waals surface area contributed by atoms with Gasteiger partial charge < -0.3 is 5.32 Å². The van der Waals surface area contributed by atoms with E-state index >= 15 is 0 Å². The summed E-state index contributed by atoms with van der Waals surface area (Å²) in [4.78, 5) is 33.3. The molecule has 6 nitrogen and oxygen atoms in total. The zero-order chi connectivity index (χ0) is 19.5. The number of nitrogens with zero attached hydrogens (tertiary/aromatic N) is 3. The Labute approximate surface area is 159 Å². The lowest BCUT2D eigenvalue weighted by atomic mass is 10.1. The lowest BCUT2D eigenvalue weighted by Crippen LogP contribution is -2.23. The van der Waals surface area contributed by atoms with Gasteiger partial charge in [0.2, 0.25) is 0 Å². The number of hydrogen-bond donors (Lipinski definition) is 1. The van der Waals surface area contributed by atoms with Gasteiger partial charge >= 0.3 is 0 Å². The van der Waals surface area contributed by atoms with Crippen LogP contribution in [0.25, 0.3) is 16.6 Å². The Morgan fingerprint density at radius 3 is 2.64 bits per heavy atom. The summed E-state index contributed by atoms with van der Waals surface area (Å²) in [5.41, 5.74) is 1.40. The fourth-order valence-electron chi connectivity index (χ4n) is 2.87. The fourth-order valence-corrected chi connectivity index (χ4v) is 2.87. The van der Waals surface area contributed by atoms with E-state index in [-0.39, 0.29) is 11.6 Å². The van der Waals surface area contributed by atoms with Gasteiger partial charge in [-0.05, 0) is 48.0 Å². The number of pyridine rings is 1. The average molecular weight is 374 g/mol. The van der Waals surface area contributed by atoms with Gasteiger partial charge in [-0.2, -0.15) is 0 Å². The van der Waals surface area contributed by atoms with E-state index in [0.717, 1.165) is 10.1 Å². The van der Waals surface area contributed by atoms with Crippen LogP contribution in [0.4, 0.5) is 4.39 Å². The lowest BCUT2D eigenvalue weighted by molar-refractivity contribution is 0.0951. The third-order valence-corrected chi connectivity index (χ3v) is 4.34. The van der Waals surface area contributed by atoms with Gasteiger partial charge in [-0.3, -0.25) is 19.1 Å². The predicted octanol–water partition coefficient (Wildman–Crippen LogP) is 2.85. The van der Waals surface area contributed by atoms with E-state index in [1.54, 1.807) is 36.7 Å². The highest BCUT2D eigenvalue weighted by molar-refractivity contribution is 5.97. The number of rotatable bonds is 4. The number of amides is 1. The maximum Gasteiger partial charge on any atom is 0.265 e. The standard InChI is InChI=1S/C21H15FN4O2/c22-17-3-1-2-4-19(17)26-13-25-18-11-15(5-6-16(18)21(26)28)20(27)24-12-14-7-9-23-10-8-14/h1-11,13H,12H2,(H,24,27).